The van der Waals surface area contributed by atoms with Gasteiger partial charge in [-0.05, 0) is 112 Å². The number of benzene rings is 11. The molecule has 11 aromatic carbocycles. The van der Waals surface area contributed by atoms with Crippen LogP contribution in [0.1, 0.15) is 23.6 Å². The fourth-order valence-corrected chi connectivity index (χ4v) is 12.2. The van der Waals surface area contributed by atoms with Crippen molar-refractivity contribution >= 4 is 138 Å². The van der Waals surface area contributed by atoms with Crippen LogP contribution in [-0.4, -0.2) is 0 Å². The van der Waals surface area contributed by atoms with Gasteiger partial charge in [0, 0.05) is 71.8 Å². The number of aryl methyl sites for hydroxylation is 1. The SMILES string of the molecule is Cc1cc2ccc3c4c(ccc(c1)c24)=C(N(c1ccc2oc4ccccc4c2c1)c1cccc2c1oc1ccccc12)CC3N(c1ccc2oc3ccccc3c2c1)c1cccc2c1oc1ccccc12. The van der Waals surface area contributed by atoms with Gasteiger partial charge in [0.25, 0.3) is 0 Å². The molecule has 0 saturated heterocycles. The number of furan rings is 4. The molecule has 334 valence electrons. The Bertz CT molecular complexity index is 4780. The van der Waals surface area contributed by atoms with Gasteiger partial charge in [0.1, 0.15) is 33.5 Å². The summed E-state index contributed by atoms with van der Waals surface area (Å²) in [4.78, 5) is 5.02. The summed E-state index contributed by atoms with van der Waals surface area (Å²) in [5.74, 6) is 0. The van der Waals surface area contributed by atoms with Gasteiger partial charge < -0.3 is 27.5 Å². The fourth-order valence-electron chi connectivity index (χ4n) is 12.2. The van der Waals surface area contributed by atoms with Gasteiger partial charge in [0.15, 0.2) is 11.2 Å². The summed E-state index contributed by atoms with van der Waals surface area (Å²) < 4.78 is 26.9. The topological polar surface area (TPSA) is 59.0 Å². The van der Waals surface area contributed by atoms with Gasteiger partial charge in [-0.2, -0.15) is 0 Å². The van der Waals surface area contributed by atoms with Gasteiger partial charge in [-0.25, -0.2) is 0 Å². The summed E-state index contributed by atoms with van der Waals surface area (Å²) in [5, 5.41) is 14.7. The number of nitrogens with zero attached hydrogens (tertiary/aromatic N) is 2. The third-order valence-electron chi connectivity index (χ3n) is 15.2. The maximum absolute atomic E-state index is 6.99. The van der Waals surface area contributed by atoms with E-state index in [0.29, 0.717) is 6.42 Å². The van der Waals surface area contributed by atoms with Gasteiger partial charge in [-0.15, -0.1) is 0 Å². The Balaban J connectivity index is 1.03. The molecule has 1 aliphatic rings. The zero-order valence-corrected chi connectivity index (χ0v) is 38.4. The first-order valence-electron chi connectivity index (χ1n) is 24.3. The molecule has 0 amide bonds. The van der Waals surface area contributed by atoms with Crippen LogP contribution in [0.4, 0.5) is 22.7 Å². The molecule has 0 bridgehead atoms. The highest BCUT2D eigenvalue weighted by molar-refractivity contribution is 6.17. The third kappa shape index (κ3) is 5.53. The van der Waals surface area contributed by atoms with E-state index in [1.807, 2.05) is 30.3 Å². The smallest absolute Gasteiger partial charge is 0.159 e. The average molecular weight is 913 g/mol. The van der Waals surface area contributed by atoms with Crippen molar-refractivity contribution in [2.45, 2.75) is 19.4 Å². The molecule has 1 unspecified atom stereocenters. The van der Waals surface area contributed by atoms with E-state index in [2.05, 4.69) is 193 Å². The van der Waals surface area contributed by atoms with Crippen LogP contribution in [0.3, 0.4) is 0 Å². The Kier molecular flexibility index (Phi) is 7.84. The minimum atomic E-state index is -0.237. The second-order valence-corrected chi connectivity index (χ2v) is 19.2. The molecule has 0 fully saturated rings. The predicted molar refractivity (Wildman–Crippen MR) is 291 cm³/mol. The summed E-state index contributed by atoms with van der Waals surface area (Å²) in [7, 11) is 0. The Morgan fingerprint density at radius 1 is 0.380 bits per heavy atom. The average Bonchev–Trinajstić information content (AvgIpc) is 4.19. The van der Waals surface area contributed by atoms with Gasteiger partial charge in [-0.1, -0.05) is 133 Å². The van der Waals surface area contributed by atoms with Crippen LogP contribution < -0.4 is 15.0 Å². The quantitative estimate of drug-likeness (QED) is 0.166. The van der Waals surface area contributed by atoms with E-state index in [4.69, 9.17) is 17.7 Å². The van der Waals surface area contributed by atoms with Crippen molar-refractivity contribution in [3.8, 4) is 0 Å². The van der Waals surface area contributed by atoms with Gasteiger partial charge >= 0.3 is 0 Å². The minimum Gasteiger partial charge on any atom is -0.456 e. The molecule has 1 aliphatic carbocycles. The Hall–Kier alpha value is -9.26. The maximum Gasteiger partial charge on any atom is 0.159 e. The van der Waals surface area contributed by atoms with Gasteiger partial charge in [-0.3, -0.25) is 0 Å². The summed E-state index contributed by atoms with van der Waals surface area (Å²) in [6, 6.07) is 73.7. The first-order valence-corrected chi connectivity index (χ1v) is 24.3. The molecule has 0 spiro atoms. The number of hydrogen-bond acceptors (Lipinski definition) is 6. The van der Waals surface area contributed by atoms with Crippen LogP contribution in [0.5, 0.6) is 0 Å². The third-order valence-corrected chi connectivity index (χ3v) is 15.2. The molecule has 4 heterocycles. The highest BCUT2D eigenvalue weighted by atomic mass is 16.3. The molecule has 71 heavy (non-hydrogen) atoms. The first-order chi connectivity index (χ1) is 35.1. The number of rotatable bonds is 6. The summed E-state index contributed by atoms with van der Waals surface area (Å²) in [5.41, 5.74) is 14.4. The van der Waals surface area contributed by atoms with Crippen molar-refractivity contribution in [2.24, 2.45) is 0 Å². The molecule has 0 radical (unpaired) electrons. The molecule has 6 heteroatoms. The summed E-state index contributed by atoms with van der Waals surface area (Å²) in [6.07, 6.45) is 0.612. The molecule has 1 atom stereocenters. The lowest BCUT2D eigenvalue weighted by Crippen LogP contribution is -2.34. The Morgan fingerprint density at radius 2 is 0.859 bits per heavy atom. The molecule has 0 saturated carbocycles. The van der Waals surface area contributed by atoms with E-state index in [0.717, 1.165) is 116 Å². The Morgan fingerprint density at radius 3 is 1.48 bits per heavy atom. The van der Waals surface area contributed by atoms with Gasteiger partial charge in [0.2, 0.25) is 0 Å². The number of para-hydroxylation sites is 6. The number of fused-ring (bicyclic) bond motifs is 12. The normalized spacial score (nSPS) is 14.0. The zero-order chi connectivity index (χ0) is 46.5. The minimum absolute atomic E-state index is 0.237. The number of anilines is 4. The fraction of sp³-hybridized carbons (Fsp3) is 0.0462. The zero-order valence-electron chi connectivity index (χ0n) is 38.4. The first kappa shape index (κ1) is 38.7. The van der Waals surface area contributed by atoms with Crippen molar-refractivity contribution in [3.63, 3.8) is 0 Å². The van der Waals surface area contributed by atoms with Gasteiger partial charge in [0.05, 0.1) is 17.4 Å². The number of hydrogen-bond donors (Lipinski definition) is 0. The second kappa shape index (κ2) is 14.4. The van der Waals surface area contributed by atoms with Crippen molar-refractivity contribution in [2.75, 3.05) is 9.80 Å². The molecule has 16 rings (SSSR count). The van der Waals surface area contributed by atoms with Crippen molar-refractivity contribution < 1.29 is 17.7 Å². The Labute approximate surface area is 405 Å². The largest absolute Gasteiger partial charge is 0.456 e. The van der Waals surface area contributed by atoms with E-state index < -0.39 is 0 Å². The van der Waals surface area contributed by atoms with Crippen LogP contribution in [-0.2, 0) is 0 Å². The molecule has 4 aromatic heterocycles. The van der Waals surface area contributed by atoms with E-state index in [-0.39, 0.29) is 6.04 Å². The molecular formula is C65H40N2O4. The molecule has 0 aliphatic heterocycles. The van der Waals surface area contributed by atoms with E-state index in [1.165, 1.54) is 37.9 Å². The predicted octanol–water partition coefficient (Wildman–Crippen LogP) is 17.8. The lowest BCUT2D eigenvalue weighted by atomic mass is 9.83. The second-order valence-electron chi connectivity index (χ2n) is 19.2. The van der Waals surface area contributed by atoms with E-state index in [9.17, 15) is 0 Å². The van der Waals surface area contributed by atoms with Crippen molar-refractivity contribution in [1.29, 1.82) is 0 Å². The van der Waals surface area contributed by atoms with E-state index in [1.54, 1.807) is 0 Å². The molecule has 15 aromatic rings. The highest BCUT2D eigenvalue weighted by Gasteiger charge is 2.35. The van der Waals surface area contributed by atoms with Crippen LogP contribution in [0, 0.1) is 6.92 Å². The monoisotopic (exact) mass is 912 g/mol. The van der Waals surface area contributed by atoms with Crippen molar-refractivity contribution in [1.82, 2.24) is 0 Å². The summed E-state index contributed by atoms with van der Waals surface area (Å²) >= 11 is 0. The van der Waals surface area contributed by atoms with Crippen LogP contribution in [0.2, 0.25) is 0 Å². The van der Waals surface area contributed by atoms with Crippen LogP contribution in [0.15, 0.2) is 224 Å². The molecular weight excluding hydrogens is 873 g/mol. The van der Waals surface area contributed by atoms with Crippen LogP contribution >= 0.6 is 0 Å². The lowest BCUT2D eigenvalue weighted by Gasteiger charge is -2.40. The summed E-state index contributed by atoms with van der Waals surface area (Å²) in [6.45, 7) is 2.19. The van der Waals surface area contributed by atoms with Crippen LogP contribution in [0.25, 0.3) is 115 Å². The maximum atomic E-state index is 6.99. The highest BCUT2D eigenvalue weighted by Crippen LogP contribution is 2.51. The van der Waals surface area contributed by atoms with E-state index >= 15 is 0 Å². The lowest BCUT2D eigenvalue weighted by molar-refractivity contribution is 0.656. The standard InChI is InChI=1S/C65H40N2O4/c1-37-32-38-24-28-48-54(66(40-26-30-60-50(34-40)44-14-4-6-20-56(44)68-60)52-18-10-16-46-42-12-2-8-22-58(42)70-64(46)52)36-55(49-29-25-39(33-37)62(38)63(48)49)67(41-27-31-61-51(35-41)45-15-5-7-21-57(45)69-61)53-19-11-17-47-43-13-3-9-23-59(43)71-65(47)53/h2-35,54H,36H2,1H3. The molecule has 6 nitrogen and oxygen atoms in total. The van der Waals surface area contributed by atoms with Crippen molar-refractivity contribution in [3.05, 3.63) is 223 Å². The molecule has 0 N–H and O–H groups in total.